The minimum Gasteiger partial charge on any atom is -0.336 e. The van der Waals surface area contributed by atoms with E-state index < -0.39 is 0 Å². The third-order valence-electron chi connectivity index (χ3n) is 5.53. The molecule has 1 aliphatic rings. The number of halogens is 2. The maximum absolute atomic E-state index is 13.1. The van der Waals surface area contributed by atoms with Crippen LogP contribution in [-0.2, 0) is 11.2 Å². The maximum Gasteiger partial charge on any atom is 0.293 e. The monoisotopic (exact) mass is 471 g/mol. The highest BCUT2D eigenvalue weighted by molar-refractivity contribution is 6.37. The lowest BCUT2D eigenvalue weighted by molar-refractivity contribution is -0.121. The molecule has 2 amide bonds. The molecule has 0 bridgehead atoms. The molecule has 2 heterocycles. The zero-order valence-electron chi connectivity index (χ0n) is 17.6. The Kier molecular flexibility index (Phi) is 6.77. The van der Waals surface area contributed by atoms with Crippen molar-refractivity contribution in [3.8, 4) is 5.69 Å². The molecule has 1 aliphatic heterocycles. The van der Waals surface area contributed by atoms with Crippen molar-refractivity contribution in [3.63, 3.8) is 0 Å². The molecule has 7 nitrogen and oxygen atoms in total. The summed E-state index contributed by atoms with van der Waals surface area (Å²) in [5.74, 6) is 0.277. The van der Waals surface area contributed by atoms with E-state index in [1.54, 1.807) is 23.1 Å². The Labute approximate surface area is 196 Å². The number of aryl methyl sites for hydroxylation is 1. The van der Waals surface area contributed by atoms with Crippen molar-refractivity contribution in [3.05, 3.63) is 70.2 Å². The SMILES string of the molecule is CCc1nc(C(=O)N2CCC(C(=O)Nc3ccccc3)CC2)nn1-c1c(Cl)cccc1Cl. The van der Waals surface area contributed by atoms with Crippen molar-refractivity contribution in [2.75, 3.05) is 18.4 Å². The van der Waals surface area contributed by atoms with Gasteiger partial charge in [0.05, 0.1) is 10.0 Å². The van der Waals surface area contributed by atoms with Gasteiger partial charge < -0.3 is 10.2 Å². The largest absolute Gasteiger partial charge is 0.336 e. The summed E-state index contributed by atoms with van der Waals surface area (Å²) in [6.45, 7) is 2.86. The van der Waals surface area contributed by atoms with Gasteiger partial charge in [-0.2, -0.15) is 0 Å². The number of piperidine rings is 1. The number of nitrogens with zero attached hydrogens (tertiary/aromatic N) is 4. The van der Waals surface area contributed by atoms with Crippen LogP contribution < -0.4 is 5.32 Å². The van der Waals surface area contributed by atoms with Crippen LogP contribution in [0.5, 0.6) is 0 Å². The lowest BCUT2D eigenvalue weighted by Crippen LogP contribution is -2.41. The molecule has 9 heteroatoms. The minimum absolute atomic E-state index is 0.0210. The van der Waals surface area contributed by atoms with Crippen molar-refractivity contribution in [1.29, 1.82) is 0 Å². The van der Waals surface area contributed by atoms with Gasteiger partial charge in [-0.25, -0.2) is 9.67 Å². The first kappa shape index (κ1) is 22.3. The molecule has 0 atom stereocenters. The molecule has 0 spiro atoms. The summed E-state index contributed by atoms with van der Waals surface area (Å²) in [4.78, 5) is 31.8. The van der Waals surface area contributed by atoms with Crippen molar-refractivity contribution in [2.45, 2.75) is 26.2 Å². The van der Waals surface area contributed by atoms with Gasteiger partial charge in [0.2, 0.25) is 11.7 Å². The number of amides is 2. The van der Waals surface area contributed by atoms with E-state index >= 15 is 0 Å². The maximum atomic E-state index is 13.1. The van der Waals surface area contributed by atoms with E-state index in [0.717, 1.165) is 5.69 Å². The highest BCUT2D eigenvalue weighted by Crippen LogP contribution is 2.29. The van der Waals surface area contributed by atoms with E-state index in [9.17, 15) is 9.59 Å². The fourth-order valence-electron chi connectivity index (χ4n) is 3.79. The fourth-order valence-corrected chi connectivity index (χ4v) is 4.34. The molecule has 0 saturated carbocycles. The van der Waals surface area contributed by atoms with Gasteiger partial charge in [-0.15, -0.1) is 5.10 Å². The number of hydrogen-bond donors (Lipinski definition) is 1. The molecule has 1 saturated heterocycles. The van der Waals surface area contributed by atoms with E-state index in [4.69, 9.17) is 23.2 Å². The van der Waals surface area contributed by atoms with Gasteiger partial charge in [-0.1, -0.05) is 54.4 Å². The Hall–Kier alpha value is -2.90. The van der Waals surface area contributed by atoms with Crippen LogP contribution >= 0.6 is 23.2 Å². The van der Waals surface area contributed by atoms with Crippen molar-refractivity contribution < 1.29 is 9.59 Å². The highest BCUT2D eigenvalue weighted by Gasteiger charge is 2.30. The van der Waals surface area contributed by atoms with Gasteiger partial charge >= 0.3 is 0 Å². The Bertz CT molecular complexity index is 1100. The molecule has 1 N–H and O–H groups in total. The molecule has 166 valence electrons. The number of anilines is 1. The zero-order chi connectivity index (χ0) is 22.7. The van der Waals surface area contributed by atoms with Gasteiger partial charge in [-0.3, -0.25) is 9.59 Å². The van der Waals surface area contributed by atoms with Crippen LogP contribution in [0.2, 0.25) is 10.0 Å². The number of benzene rings is 2. The Morgan fingerprint density at radius 1 is 1.03 bits per heavy atom. The predicted octanol–water partition coefficient (Wildman–Crippen LogP) is 4.63. The highest BCUT2D eigenvalue weighted by atomic mass is 35.5. The topological polar surface area (TPSA) is 80.1 Å². The summed E-state index contributed by atoms with van der Waals surface area (Å²) in [5, 5.41) is 8.23. The number of nitrogens with one attached hydrogen (secondary N) is 1. The Balaban J connectivity index is 1.45. The molecule has 1 aromatic heterocycles. The molecule has 32 heavy (non-hydrogen) atoms. The van der Waals surface area contributed by atoms with Crippen LogP contribution in [0.3, 0.4) is 0 Å². The summed E-state index contributed by atoms with van der Waals surface area (Å²) >= 11 is 12.7. The zero-order valence-corrected chi connectivity index (χ0v) is 19.1. The van der Waals surface area contributed by atoms with E-state index in [2.05, 4.69) is 15.4 Å². The molecular formula is C23H23Cl2N5O2. The molecule has 1 fully saturated rings. The van der Waals surface area contributed by atoms with Gasteiger partial charge in [0.1, 0.15) is 11.5 Å². The van der Waals surface area contributed by atoms with Crippen LogP contribution in [0.15, 0.2) is 48.5 Å². The average Bonchev–Trinajstić information content (AvgIpc) is 3.23. The van der Waals surface area contributed by atoms with Crippen molar-refractivity contribution in [1.82, 2.24) is 19.7 Å². The Morgan fingerprint density at radius 2 is 1.69 bits per heavy atom. The second-order valence-electron chi connectivity index (χ2n) is 7.61. The van der Waals surface area contributed by atoms with Crippen LogP contribution in [0.4, 0.5) is 5.69 Å². The summed E-state index contributed by atoms with van der Waals surface area (Å²) in [5.41, 5.74) is 1.28. The molecule has 0 aliphatic carbocycles. The normalized spacial score (nSPS) is 14.4. The van der Waals surface area contributed by atoms with E-state index in [1.807, 2.05) is 37.3 Å². The van der Waals surface area contributed by atoms with Crippen molar-refractivity contribution in [2.24, 2.45) is 5.92 Å². The van der Waals surface area contributed by atoms with E-state index in [0.29, 0.717) is 53.9 Å². The van der Waals surface area contributed by atoms with E-state index in [-0.39, 0.29) is 23.6 Å². The number of likely N-dealkylation sites (tertiary alicyclic amines) is 1. The lowest BCUT2D eigenvalue weighted by atomic mass is 9.95. The van der Waals surface area contributed by atoms with Crippen molar-refractivity contribution >= 4 is 40.7 Å². The van der Waals surface area contributed by atoms with Gasteiger partial charge in [0, 0.05) is 31.1 Å². The van der Waals surface area contributed by atoms with E-state index in [1.165, 1.54) is 4.68 Å². The number of rotatable bonds is 5. The molecular weight excluding hydrogens is 449 g/mol. The molecule has 0 radical (unpaired) electrons. The number of carbonyl (C=O) groups is 2. The molecule has 4 rings (SSSR count). The number of carbonyl (C=O) groups excluding carboxylic acids is 2. The third-order valence-corrected chi connectivity index (χ3v) is 6.14. The second kappa shape index (κ2) is 9.71. The lowest BCUT2D eigenvalue weighted by Gasteiger charge is -2.30. The summed E-state index contributed by atoms with van der Waals surface area (Å²) in [7, 11) is 0. The molecule has 3 aromatic rings. The van der Waals surface area contributed by atoms with Gasteiger partial charge in [-0.05, 0) is 37.1 Å². The first-order chi connectivity index (χ1) is 15.5. The fraction of sp³-hybridized carbons (Fsp3) is 0.304. The summed E-state index contributed by atoms with van der Waals surface area (Å²) < 4.78 is 1.54. The quantitative estimate of drug-likeness (QED) is 0.588. The predicted molar refractivity (Wildman–Crippen MR) is 124 cm³/mol. The van der Waals surface area contributed by atoms with Crippen LogP contribution in [0, 0.1) is 5.92 Å². The van der Waals surface area contributed by atoms with Crippen LogP contribution in [-0.4, -0.2) is 44.6 Å². The third kappa shape index (κ3) is 4.64. The minimum atomic E-state index is -0.261. The Morgan fingerprint density at radius 3 is 2.31 bits per heavy atom. The number of aromatic nitrogens is 3. The number of para-hydroxylation sites is 2. The molecule has 2 aromatic carbocycles. The number of hydrogen-bond acceptors (Lipinski definition) is 4. The van der Waals surface area contributed by atoms with Crippen LogP contribution in [0.25, 0.3) is 5.69 Å². The van der Waals surface area contributed by atoms with Gasteiger partial charge in [0.15, 0.2) is 0 Å². The smallest absolute Gasteiger partial charge is 0.293 e. The summed E-state index contributed by atoms with van der Waals surface area (Å²) in [6.07, 6.45) is 1.73. The summed E-state index contributed by atoms with van der Waals surface area (Å²) in [6, 6.07) is 14.6. The second-order valence-corrected chi connectivity index (χ2v) is 8.42. The molecule has 0 unspecified atom stereocenters. The first-order valence-electron chi connectivity index (χ1n) is 10.5. The average molecular weight is 472 g/mol. The van der Waals surface area contributed by atoms with Gasteiger partial charge in [0.25, 0.3) is 5.91 Å². The standard InChI is InChI=1S/C23H23Cl2N5O2/c1-2-19-27-21(28-30(19)20-17(24)9-6-10-18(20)25)23(32)29-13-11-15(12-14-29)22(31)26-16-7-4-3-5-8-16/h3-10,15H,2,11-14H2,1H3,(H,26,31). The first-order valence-corrected chi connectivity index (χ1v) is 11.3. The van der Waals surface area contributed by atoms with Crippen LogP contribution in [0.1, 0.15) is 36.2 Å².